The lowest BCUT2D eigenvalue weighted by Crippen LogP contribution is -2.44. The Morgan fingerprint density at radius 3 is 2.74 bits per heavy atom. The molecule has 0 saturated carbocycles. The van der Waals surface area contributed by atoms with Crippen LogP contribution in [0.2, 0.25) is 0 Å². The molecule has 3 heteroatoms. The van der Waals surface area contributed by atoms with Gasteiger partial charge in [-0.05, 0) is 44.1 Å². The zero-order valence-corrected chi connectivity index (χ0v) is 13.0. The smallest absolute Gasteiger partial charge is 0.0952 e. The molecule has 0 bridgehead atoms. The number of nitrogens with one attached hydrogen (secondary N) is 1. The van der Waals surface area contributed by atoms with Gasteiger partial charge in [0.2, 0.25) is 0 Å². The van der Waals surface area contributed by atoms with E-state index >= 15 is 0 Å². The zero-order valence-electron chi connectivity index (χ0n) is 13.0. The summed E-state index contributed by atoms with van der Waals surface area (Å²) in [6, 6.07) is 0.507. The quantitative estimate of drug-likeness (QED) is 0.884. The molecule has 1 heterocycles. The SMILES string of the molecule is CCCNC(Cn1cnc2c1CCCC2)C(C)(C)C. The van der Waals surface area contributed by atoms with Gasteiger partial charge in [0.25, 0.3) is 0 Å². The third kappa shape index (κ3) is 3.59. The molecule has 0 saturated heterocycles. The number of rotatable bonds is 5. The molecular weight excluding hydrogens is 234 g/mol. The number of hydrogen-bond acceptors (Lipinski definition) is 2. The highest BCUT2D eigenvalue weighted by molar-refractivity contribution is 5.16. The predicted octanol–water partition coefficient (Wildman–Crippen LogP) is 3.18. The lowest BCUT2D eigenvalue weighted by atomic mass is 9.86. The van der Waals surface area contributed by atoms with Crippen LogP contribution in [0, 0.1) is 5.41 Å². The van der Waals surface area contributed by atoms with Crippen LogP contribution < -0.4 is 5.32 Å². The predicted molar refractivity (Wildman–Crippen MR) is 80.4 cm³/mol. The molecule has 1 aliphatic rings. The lowest BCUT2D eigenvalue weighted by molar-refractivity contribution is 0.240. The highest BCUT2D eigenvalue weighted by atomic mass is 15.1. The summed E-state index contributed by atoms with van der Waals surface area (Å²) in [6.45, 7) is 11.3. The normalized spacial score (nSPS) is 17.3. The number of imidazole rings is 1. The average Bonchev–Trinajstić information content (AvgIpc) is 2.76. The Morgan fingerprint density at radius 1 is 1.32 bits per heavy atom. The van der Waals surface area contributed by atoms with Crippen molar-refractivity contribution in [2.75, 3.05) is 6.54 Å². The van der Waals surface area contributed by atoms with E-state index in [4.69, 9.17) is 0 Å². The van der Waals surface area contributed by atoms with Gasteiger partial charge in [-0.1, -0.05) is 27.7 Å². The maximum Gasteiger partial charge on any atom is 0.0952 e. The summed E-state index contributed by atoms with van der Waals surface area (Å²) in [7, 11) is 0. The van der Waals surface area contributed by atoms with Crippen LogP contribution in [0.15, 0.2) is 6.33 Å². The minimum absolute atomic E-state index is 0.279. The number of aromatic nitrogens is 2. The first-order valence-electron chi connectivity index (χ1n) is 7.78. The van der Waals surface area contributed by atoms with Gasteiger partial charge in [-0.25, -0.2) is 4.98 Å². The molecule has 1 unspecified atom stereocenters. The van der Waals surface area contributed by atoms with Crippen molar-refractivity contribution in [3.05, 3.63) is 17.7 Å². The first kappa shape index (κ1) is 14.6. The Kier molecular flexibility index (Phi) is 4.67. The van der Waals surface area contributed by atoms with Crippen LogP contribution in [0.4, 0.5) is 0 Å². The van der Waals surface area contributed by atoms with E-state index < -0.39 is 0 Å². The molecule has 108 valence electrons. The molecular formula is C16H29N3. The van der Waals surface area contributed by atoms with Gasteiger partial charge in [0, 0.05) is 18.3 Å². The zero-order chi connectivity index (χ0) is 13.9. The van der Waals surface area contributed by atoms with Crippen LogP contribution in [0.25, 0.3) is 0 Å². The molecule has 1 aliphatic carbocycles. The van der Waals surface area contributed by atoms with Gasteiger partial charge in [0.15, 0.2) is 0 Å². The molecule has 1 aromatic rings. The van der Waals surface area contributed by atoms with Gasteiger partial charge in [0.05, 0.1) is 12.0 Å². The van der Waals surface area contributed by atoms with E-state index in [1.165, 1.54) is 43.5 Å². The second-order valence-corrected chi connectivity index (χ2v) is 6.87. The molecule has 1 N–H and O–H groups in total. The minimum Gasteiger partial charge on any atom is -0.333 e. The van der Waals surface area contributed by atoms with Crippen molar-refractivity contribution in [3.8, 4) is 0 Å². The molecule has 0 aliphatic heterocycles. The fraction of sp³-hybridized carbons (Fsp3) is 0.812. The molecule has 0 fully saturated rings. The van der Waals surface area contributed by atoms with Gasteiger partial charge in [-0.2, -0.15) is 0 Å². The number of aryl methyl sites for hydroxylation is 1. The van der Waals surface area contributed by atoms with Crippen LogP contribution in [-0.4, -0.2) is 22.1 Å². The van der Waals surface area contributed by atoms with Crippen LogP contribution in [0.5, 0.6) is 0 Å². The van der Waals surface area contributed by atoms with Crippen molar-refractivity contribution in [2.24, 2.45) is 5.41 Å². The topological polar surface area (TPSA) is 29.9 Å². The summed E-state index contributed by atoms with van der Waals surface area (Å²) in [6.07, 6.45) is 8.25. The largest absolute Gasteiger partial charge is 0.333 e. The van der Waals surface area contributed by atoms with Gasteiger partial charge in [-0.3, -0.25) is 0 Å². The third-order valence-corrected chi connectivity index (χ3v) is 4.18. The van der Waals surface area contributed by atoms with Crippen molar-refractivity contribution >= 4 is 0 Å². The Bertz CT molecular complexity index is 401. The summed E-state index contributed by atoms with van der Waals surface area (Å²) in [5.74, 6) is 0. The summed E-state index contributed by atoms with van der Waals surface area (Å²) in [4.78, 5) is 4.61. The third-order valence-electron chi connectivity index (χ3n) is 4.18. The van der Waals surface area contributed by atoms with Gasteiger partial charge in [-0.15, -0.1) is 0 Å². The lowest BCUT2D eigenvalue weighted by Gasteiger charge is -2.32. The van der Waals surface area contributed by atoms with Crippen molar-refractivity contribution in [2.45, 2.75) is 72.4 Å². The second kappa shape index (κ2) is 6.08. The van der Waals surface area contributed by atoms with E-state index in [1.54, 1.807) is 0 Å². The highest BCUT2D eigenvalue weighted by Gasteiger charge is 2.26. The second-order valence-electron chi connectivity index (χ2n) is 6.87. The van der Waals surface area contributed by atoms with Gasteiger partial charge >= 0.3 is 0 Å². The number of nitrogens with zero attached hydrogens (tertiary/aromatic N) is 2. The van der Waals surface area contributed by atoms with Crippen molar-refractivity contribution in [1.29, 1.82) is 0 Å². The molecule has 1 aromatic heterocycles. The Labute approximate surface area is 117 Å². The van der Waals surface area contributed by atoms with Crippen molar-refractivity contribution < 1.29 is 0 Å². The molecule has 2 rings (SSSR count). The Hall–Kier alpha value is -0.830. The summed E-state index contributed by atoms with van der Waals surface area (Å²) < 4.78 is 2.40. The summed E-state index contributed by atoms with van der Waals surface area (Å²) in [5, 5.41) is 3.71. The summed E-state index contributed by atoms with van der Waals surface area (Å²) in [5.41, 5.74) is 3.11. The molecule has 0 amide bonds. The molecule has 0 radical (unpaired) electrons. The molecule has 3 nitrogen and oxygen atoms in total. The maximum absolute atomic E-state index is 4.61. The van der Waals surface area contributed by atoms with E-state index in [9.17, 15) is 0 Å². The van der Waals surface area contributed by atoms with Crippen LogP contribution in [-0.2, 0) is 19.4 Å². The number of fused-ring (bicyclic) bond motifs is 1. The average molecular weight is 263 g/mol. The van der Waals surface area contributed by atoms with E-state index in [1.807, 2.05) is 0 Å². The molecule has 1 atom stereocenters. The fourth-order valence-corrected chi connectivity index (χ4v) is 2.85. The van der Waals surface area contributed by atoms with Crippen LogP contribution >= 0.6 is 0 Å². The minimum atomic E-state index is 0.279. The Morgan fingerprint density at radius 2 is 2.05 bits per heavy atom. The summed E-state index contributed by atoms with van der Waals surface area (Å²) >= 11 is 0. The van der Waals surface area contributed by atoms with E-state index in [-0.39, 0.29) is 5.41 Å². The monoisotopic (exact) mass is 263 g/mol. The first-order valence-corrected chi connectivity index (χ1v) is 7.78. The van der Waals surface area contributed by atoms with Gasteiger partial charge in [0.1, 0.15) is 0 Å². The van der Waals surface area contributed by atoms with Crippen molar-refractivity contribution in [3.63, 3.8) is 0 Å². The first-order chi connectivity index (χ1) is 9.02. The highest BCUT2D eigenvalue weighted by Crippen LogP contribution is 2.24. The standard InChI is InChI=1S/C16H29N3/c1-5-10-17-15(16(2,3)4)11-19-12-18-13-8-6-7-9-14(13)19/h12,15,17H,5-11H2,1-4H3. The Balaban J connectivity index is 2.10. The van der Waals surface area contributed by atoms with Crippen LogP contribution in [0.3, 0.4) is 0 Å². The van der Waals surface area contributed by atoms with Crippen LogP contribution in [0.1, 0.15) is 58.3 Å². The van der Waals surface area contributed by atoms with E-state index in [2.05, 4.69) is 48.9 Å². The van der Waals surface area contributed by atoms with Crippen molar-refractivity contribution in [1.82, 2.24) is 14.9 Å². The molecule has 0 aromatic carbocycles. The molecule has 0 spiro atoms. The van der Waals surface area contributed by atoms with E-state index in [0.29, 0.717) is 6.04 Å². The molecule has 19 heavy (non-hydrogen) atoms. The van der Waals surface area contributed by atoms with E-state index in [0.717, 1.165) is 13.1 Å². The maximum atomic E-state index is 4.61. The number of hydrogen-bond donors (Lipinski definition) is 1. The fourth-order valence-electron chi connectivity index (χ4n) is 2.85. The van der Waals surface area contributed by atoms with Gasteiger partial charge < -0.3 is 9.88 Å².